The smallest absolute Gasteiger partial charge is 0.0598 e. The molecule has 1 atom stereocenters. The van der Waals surface area contributed by atoms with Crippen molar-refractivity contribution in [2.45, 2.75) is 33.3 Å². The summed E-state index contributed by atoms with van der Waals surface area (Å²) in [6, 6.07) is 0. The molecule has 62 valence electrons. The fourth-order valence-corrected chi connectivity index (χ4v) is 0.550. The van der Waals surface area contributed by atoms with Crippen molar-refractivity contribution in [3.63, 3.8) is 0 Å². The number of hydrogen-bond acceptors (Lipinski definition) is 2. The molecule has 0 spiro atoms. The molecule has 0 aromatic carbocycles. The van der Waals surface area contributed by atoms with E-state index in [2.05, 4.69) is 40.3 Å². The van der Waals surface area contributed by atoms with Crippen LogP contribution in [0, 0.1) is 5.92 Å². The summed E-state index contributed by atoms with van der Waals surface area (Å²) in [4.78, 5) is 0. The molecule has 10 heavy (non-hydrogen) atoms. The van der Waals surface area contributed by atoms with Crippen LogP contribution in [-0.2, 0) is 4.74 Å². The molecule has 0 rings (SSSR count). The highest BCUT2D eigenvalue weighted by atomic mass is 32.1. The van der Waals surface area contributed by atoms with Crippen molar-refractivity contribution in [3.05, 3.63) is 0 Å². The number of rotatable bonds is 3. The van der Waals surface area contributed by atoms with Gasteiger partial charge >= 0.3 is 0 Å². The molecule has 0 aromatic rings. The van der Waals surface area contributed by atoms with Gasteiger partial charge in [-0.3, -0.25) is 0 Å². The maximum Gasteiger partial charge on any atom is 0.0598 e. The Morgan fingerprint density at radius 3 is 2.20 bits per heavy atom. The lowest BCUT2D eigenvalue weighted by atomic mass is 10.2. The van der Waals surface area contributed by atoms with Crippen LogP contribution in [0.4, 0.5) is 0 Å². The van der Waals surface area contributed by atoms with Gasteiger partial charge in [0, 0.05) is 0 Å². The lowest BCUT2D eigenvalue weighted by Gasteiger charge is -2.21. The van der Waals surface area contributed by atoms with Crippen molar-refractivity contribution >= 4 is 12.6 Å². The Balaban J connectivity index is 3.36. The van der Waals surface area contributed by atoms with Crippen LogP contribution in [0.5, 0.6) is 0 Å². The van der Waals surface area contributed by atoms with Crippen LogP contribution in [0.2, 0.25) is 0 Å². The van der Waals surface area contributed by atoms with Crippen molar-refractivity contribution in [3.8, 4) is 0 Å². The van der Waals surface area contributed by atoms with Crippen LogP contribution >= 0.6 is 12.6 Å². The van der Waals surface area contributed by atoms with Gasteiger partial charge in [-0.1, -0.05) is 6.92 Å². The van der Waals surface area contributed by atoms with Gasteiger partial charge in [0.05, 0.1) is 12.2 Å². The summed E-state index contributed by atoms with van der Waals surface area (Å²) < 4.78 is 5.53. The van der Waals surface area contributed by atoms with E-state index >= 15 is 0 Å². The van der Waals surface area contributed by atoms with Crippen molar-refractivity contribution in [1.29, 1.82) is 0 Å². The number of hydrogen-bond donors (Lipinski definition) is 1. The molecule has 0 fully saturated rings. The van der Waals surface area contributed by atoms with Crippen LogP contribution in [0.25, 0.3) is 0 Å². The van der Waals surface area contributed by atoms with E-state index < -0.39 is 0 Å². The summed E-state index contributed by atoms with van der Waals surface area (Å²) in [5.74, 6) is 1.46. The van der Waals surface area contributed by atoms with Gasteiger partial charge in [-0.15, -0.1) is 0 Å². The zero-order valence-electron chi connectivity index (χ0n) is 7.35. The standard InChI is InChI=1S/C8H18OS/c1-7(6-10)5-9-8(2,3)4/h7,10H,5-6H2,1-4H3. The Morgan fingerprint density at radius 1 is 1.40 bits per heavy atom. The summed E-state index contributed by atoms with van der Waals surface area (Å²) in [7, 11) is 0. The average molecular weight is 162 g/mol. The lowest BCUT2D eigenvalue weighted by Crippen LogP contribution is -2.23. The summed E-state index contributed by atoms with van der Waals surface area (Å²) >= 11 is 4.17. The SMILES string of the molecule is CC(CS)COC(C)(C)C. The predicted octanol–water partition coefficient (Wildman–Crippen LogP) is 2.37. The van der Waals surface area contributed by atoms with Gasteiger partial charge in [-0.25, -0.2) is 0 Å². The molecule has 2 heteroatoms. The highest BCUT2D eigenvalue weighted by Crippen LogP contribution is 2.09. The minimum atomic E-state index is -0.00277. The van der Waals surface area contributed by atoms with E-state index in [1.165, 1.54) is 0 Å². The third-order valence-corrected chi connectivity index (χ3v) is 1.74. The number of ether oxygens (including phenoxy) is 1. The minimum absolute atomic E-state index is 0.00277. The fourth-order valence-electron chi connectivity index (χ4n) is 0.445. The van der Waals surface area contributed by atoms with Crippen LogP contribution < -0.4 is 0 Å². The first-order valence-corrected chi connectivity index (χ1v) is 4.34. The van der Waals surface area contributed by atoms with E-state index in [9.17, 15) is 0 Å². The fraction of sp³-hybridized carbons (Fsp3) is 1.00. The maximum atomic E-state index is 5.53. The monoisotopic (exact) mass is 162 g/mol. The van der Waals surface area contributed by atoms with E-state index in [1.807, 2.05) is 0 Å². The molecular weight excluding hydrogens is 144 g/mol. The highest BCUT2D eigenvalue weighted by molar-refractivity contribution is 7.80. The summed E-state index contributed by atoms with van der Waals surface area (Å²) in [5, 5.41) is 0. The predicted molar refractivity (Wildman–Crippen MR) is 48.7 cm³/mol. The van der Waals surface area contributed by atoms with Crippen LogP contribution in [-0.4, -0.2) is 18.0 Å². The first-order valence-electron chi connectivity index (χ1n) is 3.70. The van der Waals surface area contributed by atoms with Gasteiger partial charge < -0.3 is 4.74 Å². The highest BCUT2D eigenvalue weighted by Gasteiger charge is 2.11. The maximum absolute atomic E-state index is 5.53. The molecular formula is C8H18OS. The van der Waals surface area contributed by atoms with Crippen molar-refractivity contribution in [1.82, 2.24) is 0 Å². The van der Waals surface area contributed by atoms with E-state index in [4.69, 9.17) is 4.74 Å². The van der Waals surface area contributed by atoms with Crippen LogP contribution in [0.15, 0.2) is 0 Å². The Hall–Kier alpha value is 0.310. The Morgan fingerprint density at radius 2 is 1.90 bits per heavy atom. The first-order chi connectivity index (χ1) is 4.45. The molecule has 1 nitrogen and oxygen atoms in total. The topological polar surface area (TPSA) is 9.23 Å². The Bertz CT molecular complexity index is 85.7. The molecule has 0 saturated heterocycles. The Kier molecular flexibility index (Phi) is 4.37. The minimum Gasteiger partial charge on any atom is -0.376 e. The number of thiol groups is 1. The molecule has 0 aliphatic heterocycles. The quantitative estimate of drug-likeness (QED) is 0.627. The van der Waals surface area contributed by atoms with Crippen LogP contribution in [0.3, 0.4) is 0 Å². The van der Waals surface area contributed by atoms with E-state index in [0.717, 1.165) is 12.4 Å². The van der Waals surface area contributed by atoms with Gasteiger partial charge in [-0.05, 0) is 32.4 Å². The zero-order valence-corrected chi connectivity index (χ0v) is 8.24. The molecule has 0 heterocycles. The van der Waals surface area contributed by atoms with Crippen molar-refractivity contribution in [2.75, 3.05) is 12.4 Å². The molecule has 0 aliphatic rings. The van der Waals surface area contributed by atoms with E-state index in [0.29, 0.717) is 5.92 Å². The molecule has 0 aromatic heterocycles. The van der Waals surface area contributed by atoms with Crippen LogP contribution in [0.1, 0.15) is 27.7 Å². The average Bonchev–Trinajstić information content (AvgIpc) is 1.81. The second-order valence-corrected chi connectivity index (χ2v) is 4.08. The largest absolute Gasteiger partial charge is 0.376 e. The lowest BCUT2D eigenvalue weighted by molar-refractivity contribution is -0.0160. The third-order valence-electron chi connectivity index (χ3n) is 1.11. The van der Waals surface area contributed by atoms with E-state index in [1.54, 1.807) is 0 Å². The first kappa shape index (κ1) is 10.3. The molecule has 0 saturated carbocycles. The second kappa shape index (κ2) is 4.24. The van der Waals surface area contributed by atoms with Gasteiger partial charge in [0.15, 0.2) is 0 Å². The van der Waals surface area contributed by atoms with Gasteiger partial charge in [-0.2, -0.15) is 12.6 Å². The second-order valence-electron chi connectivity index (χ2n) is 3.71. The molecule has 0 aliphatic carbocycles. The summed E-state index contributed by atoms with van der Waals surface area (Å²) in [6.07, 6.45) is 0. The Labute approximate surface area is 69.6 Å². The van der Waals surface area contributed by atoms with E-state index in [-0.39, 0.29) is 5.60 Å². The molecule has 0 bridgehead atoms. The summed E-state index contributed by atoms with van der Waals surface area (Å²) in [5.41, 5.74) is -0.00277. The van der Waals surface area contributed by atoms with Gasteiger partial charge in [0.25, 0.3) is 0 Å². The van der Waals surface area contributed by atoms with Crippen molar-refractivity contribution in [2.24, 2.45) is 5.92 Å². The van der Waals surface area contributed by atoms with Gasteiger partial charge in [0.2, 0.25) is 0 Å². The van der Waals surface area contributed by atoms with Crippen molar-refractivity contribution < 1.29 is 4.74 Å². The molecule has 1 unspecified atom stereocenters. The third kappa shape index (κ3) is 6.43. The van der Waals surface area contributed by atoms with Gasteiger partial charge in [0.1, 0.15) is 0 Å². The molecule has 0 N–H and O–H groups in total. The molecule has 0 radical (unpaired) electrons. The zero-order chi connectivity index (χ0) is 8.20. The normalized spacial score (nSPS) is 15.3. The molecule has 0 amide bonds. The summed E-state index contributed by atoms with van der Waals surface area (Å²) in [6.45, 7) is 9.15.